The summed E-state index contributed by atoms with van der Waals surface area (Å²) in [5, 5.41) is 18.6. The summed E-state index contributed by atoms with van der Waals surface area (Å²) in [5.74, 6) is -0.223. The van der Waals surface area contributed by atoms with Crippen LogP contribution < -0.4 is 4.74 Å². The van der Waals surface area contributed by atoms with Gasteiger partial charge in [0.15, 0.2) is 5.54 Å². The fourth-order valence-corrected chi connectivity index (χ4v) is 3.67. The molecule has 4 aromatic rings. The van der Waals surface area contributed by atoms with Gasteiger partial charge in [0.2, 0.25) is 0 Å². The predicted molar refractivity (Wildman–Crippen MR) is 124 cm³/mol. The average molecular weight is 422 g/mol. The molecular weight excluding hydrogens is 400 g/mol. The van der Waals surface area contributed by atoms with E-state index in [0.717, 1.165) is 22.4 Å². The SMILES string of the molecule is COc1ccc(C(N=Nc2ccc(C(=O)O)cc2)(c2ccccc2)c2ccccc2)cc1. The third-order valence-corrected chi connectivity index (χ3v) is 5.32. The molecule has 4 aromatic carbocycles. The first kappa shape index (κ1) is 21.0. The zero-order chi connectivity index (χ0) is 22.4. The normalized spacial score (nSPS) is 11.4. The molecule has 0 aliphatic rings. The van der Waals surface area contributed by atoms with Crippen molar-refractivity contribution in [2.45, 2.75) is 5.54 Å². The standard InChI is InChI=1S/C27H22N2O3/c1-32-25-18-14-23(15-19-25)27(21-8-4-2-5-9-21,22-10-6-3-7-11-22)29-28-24-16-12-20(13-17-24)26(30)31/h2-19H,1H3,(H,30,31). The third-order valence-electron chi connectivity index (χ3n) is 5.32. The van der Waals surface area contributed by atoms with Crippen LogP contribution in [-0.2, 0) is 5.54 Å². The van der Waals surface area contributed by atoms with Gasteiger partial charge in [-0.2, -0.15) is 10.2 Å². The smallest absolute Gasteiger partial charge is 0.335 e. The fraction of sp³-hybridized carbons (Fsp3) is 0.0741. The Kier molecular flexibility index (Phi) is 6.08. The van der Waals surface area contributed by atoms with E-state index >= 15 is 0 Å². The first-order chi connectivity index (χ1) is 15.6. The molecule has 1 N–H and O–H groups in total. The van der Waals surface area contributed by atoms with Crippen LogP contribution in [0.3, 0.4) is 0 Å². The molecule has 0 aliphatic carbocycles. The van der Waals surface area contributed by atoms with E-state index in [1.54, 1.807) is 19.2 Å². The zero-order valence-corrected chi connectivity index (χ0v) is 17.6. The van der Waals surface area contributed by atoms with Crippen molar-refractivity contribution in [1.82, 2.24) is 0 Å². The van der Waals surface area contributed by atoms with E-state index in [1.165, 1.54) is 12.1 Å². The van der Waals surface area contributed by atoms with Gasteiger partial charge in [0.1, 0.15) is 5.75 Å². The topological polar surface area (TPSA) is 71.2 Å². The van der Waals surface area contributed by atoms with Crippen LogP contribution in [0.2, 0.25) is 0 Å². The van der Waals surface area contributed by atoms with Crippen molar-refractivity contribution in [1.29, 1.82) is 0 Å². The minimum absolute atomic E-state index is 0.205. The van der Waals surface area contributed by atoms with Gasteiger partial charge in [-0.1, -0.05) is 72.8 Å². The van der Waals surface area contributed by atoms with Crippen LogP contribution >= 0.6 is 0 Å². The minimum Gasteiger partial charge on any atom is -0.497 e. The van der Waals surface area contributed by atoms with Gasteiger partial charge in [-0.05, 0) is 53.1 Å². The number of carboxylic acids is 1. The van der Waals surface area contributed by atoms with Gasteiger partial charge >= 0.3 is 5.97 Å². The summed E-state index contributed by atoms with van der Waals surface area (Å²) in [5.41, 5.74) is 2.72. The molecule has 0 spiro atoms. The van der Waals surface area contributed by atoms with E-state index in [2.05, 4.69) is 5.11 Å². The molecule has 158 valence electrons. The highest BCUT2D eigenvalue weighted by Gasteiger charge is 2.37. The highest BCUT2D eigenvalue weighted by molar-refractivity contribution is 5.87. The highest BCUT2D eigenvalue weighted by Crippen LogP contribution is 2.42. The Morgan fingerprint density at radius 2 is 1.22 bits per heavy atom. The lowest BCUT2D eigenvalue weighted by atomic mass is 9.78. The van der Waals surface area contributed by atoms with Crippen LogP contribution in [-0.4, -0.2) is 18.2 Å². The van der Waals surface area contributed by atoms with E-state index in [4.69, 9.17) is 15.0 Å². The number of nitrogens with zero attached hydrogens (tertiary/aromatic N) is 2. The molecule has 0 bridgehead atoms. The zero-order valence-electron chi connectivity index (χ0n) is 17.6. The number of carboxylic acid groups (broad SMARTS) is 1. The fourth-order valence-electron chi connectivity index (χ4n) is 3.67. The Morgan fingerprint density at radius 3 is 1.69 bits per heavy atom. The molecule has 5 nitrogen and oxygen atoms in total. The lowest BCUT2D eigenvalue weighted by molar-refractivity contribution is 0.0697. The van der Waals surface area contributed by atoms with Gasteiger partial charge in [0, 0.05) is 0 Å². The van der Waals surface area contributed by atoms with Crippen LogP contribution in [0, 0.1) is 0 Å². The number of aromatic carboxylic acids is 1. The van der Waals surface area contributed by atoms with Crippen molar-refractivity contribution < 1.29 is 14.6 Å². The van der Waals surface area contributed by atoms with E-state index in [1.807, 2.05) is 84.9 Å². The number of rotatable bonds is 7. The molecule has 0 aromatic heterocycles. The van der Waals surface area contributed by atoms with Crippen LogP contribution in [0.5, 0.6) is 5.75 Å². The summed E-state index contributed by atoms with van der Waals surface area (Å²) in [6, 6.07) is 34.1. The van der Waals surface area contributed by atoms with E-state index < -0.39 is 11.5 Å². The van der Waals surface area contributed by atoms with Crippen molar-refractivity contribution in [3.8, 4) is 5.75 Å². The molecule has 0 fully saturated rings. The van der Waals surface area contributed by atoms with Crippen LogP contribution in [0.15, 0.2) is 119 Å². The number of azo groups is 1. The molecule has 5 heteroatoms. The van der Waals surface area contributed by atoms with Gasteiger partial charge in [-0.3, -0.25) is 0 Å². The number of ether oxygens (including phenoxy) is 1. The summed E-state index contributed by atoms with van der Waals surface area (Å²) >= 11 is 0. The third kappa shape index (κ3) is 4.14. The first-order valence-corrected chi connectivity index (χ1v) is 10.2. The molecule has 0 atom stereocenters. The van der Waals surface area contributed by atoms with Crippen LogP contribution in [0.1, 0.15) is 27.0 Å². The summed E-state index contributed by atoms with van der Waals surface area (Å²) in [4.78, 5) is 11.2. The second-order valence-electron chi connectivity index (χ2n) is 7.22. The van der Waals surface area contributed by atoms with E-state index in [0.29, 0.717) is 5.69 Å². The van der Waals surface area contributed by atoms with Crippen LogP contribution in [0.25, 0.3) is 0 Å². The molecule has 0 radical (unpaired) electrons. The Labute approximate surface area is 186 Å². The summed E-state index contributed by atoms with van der Waals surface area (Å²) < 4.78 is 5.35. The van der Waals surface area contributed by atoms with Crippen LogP contribution in [0.4, 0.5) is 5.69 Å². The number of carbonyl (C=O) groups is 1. The average Bonchev–Trinajstić information content (AvgIpc) is 2.86. The molecule has 32 heavy (non-hydrogen) atoms. The van der Waals surface area contributed by atoms with Gasteiger partial charge < -0.3 is 9.84 Å². The molecular formula is C27H22N2O3. The van der Waals surface area contributed by atoms with E-state index in [-0.39, 0.29) is 5.56 Å². The molecule has 0 heterocycles. The molecule has 0 saturated heterocycles. The maximum absolute atomic E-state index is 11.2. The monoisotopic (exact) mass is 422 g/mol. The summed E-state index contributed by atoms with van der Waals surface area (Å²) in [7, 11) is 1.64. The number of hydrogen-bond acceptors (Lipinski definition) is 4. The summed E-state index contributed by atoms with van der Waals surface area (Å²) in [6.45, 7) is 0. The van der Waals surface area contributed by atoms with Crippen molar-refractivity contribution in [3.63, 3.8) is 0 Å². The van der Waals surface area contributed by atoms with Gasteiger partial charge in [0.25, 0.3) is 0 Å². The first-order valence-electron chi connectivity index (χ1n) is 10.2. The minimum atomic E-state index is -0.977. The van der Waals surface area contributed by atoms with Crippen molar-refractivity contribution in [2.75, 3.05) is 7.11 Å². The van der Waals surface area contributed by atoms with Crippen molar-refractivity contribution in [2.24, 2.45) is 10.2 Å². The quantitative estimate of drug-likeness (QED) is 0.274. The lowest BCUT2D eigenvalue weighted by Crippen LogP contribution is -2.26. The number of methoxy groups -OCH3 is 1. The second-order valence-corrected chi connectivity index (χ2v) is 7.22. The predicted octanol–water partition coefficient (Wildman–Crippen LogP) is 6.47. The Bertz CT molecular complexity index is 1160. The number of hydrogen-bond donors (Lipinski definition) is 1. The lowest BCUT2D eigenvalue weighted by Gasteiger charge is -2.30. The highest BCUT2D eigenvalue weighted by atomic mass is 16.5. The Morgan fingerprint density at radius 1 is 0.719 bits per heavy atom. The summed E-state index contributed by atoms with van der Waals surface area (Å²) in [6.07, 6.45) is 0. The van der Waals surface area contributed by atoms with E-state index in [9.17, 15) is 4.79 Å². The Hall–Kier alpha value is -4.25. The number of benzene rings is 4. The maximum atomic E-state index is 11.2. The molecule has 0 saturated carbocycles. The molecule has 4 rings (SSSR count). The van der Waals surface area contributed by atoms with Gasteiger partial charge in [0.05, 0.1) is 18.4 Å². The van der Waals surface area contributed by atoms with Gasteiger partial charge in [-0.25, -0.2) is 4.79 Å². The van der Waals surface area contributed by atoms with Crippen molar-refractivity contribution in [3.05, 3.63) is 131 Å². The second kappa shape index (κ2) is 9.27. The van der Waals surface area contributed by atoms with Gasteiger partial charge in [-0.15, -0.1) is 0 Å². The maximum Gasteiger partial charge on any atom is 0.335 e. The molecule has 0 unspecified atom stereocenters. The molecule has 0 amide bonds. The van der Waals surface area contributed by atoms with Crippen molar-refractivity contribution >= 4 is 11.7 Å². The molecule has 0 aliphatic heterocycles. The largest absolute Gasteiger partial charge is 0.497 e. The Balaban J connectivity index is 1.92.